The molecule has 0 radical (unpaired) electrons. The van der Waals surface area contributed by atoms with Crippen molar-refractivity contribution in [3.05, 3.63) is 29.8 Å². The van der Waals surface area contributed by atoms with Crippen molar-refractivity contribution >= 4 is 11.9 Å². The van der Waals surface area contributed by atoms with Crippen molar-refractivity contribution in [2.45, 2.75) is 26.3 Å². The van der Waals surface area contributed by atoms with Crippen molar-refractivity contribution in [3.8, 4) is 5.75 Å². The number of hydrogen-bond acceptors (Lipinski definition) is 4. The number of carboxylic acid groups (broad SMARTS) is 1. The fourth-order valence-corrected chi connectivity index (χ4v) is 4.52. The van der Waals surface area contributed by atoms with Gasteiger partial charge < -0.3 is 14.7 Å². The summed E-state index contributed by atoms with van der Waals surface area (Å²) in [6, 6.07) is 7.93. The maximum Gasteiger partial charge on any atom is 0.313 e. The van der Waals surface area contributed by atoms with Crippen LogP contribution >= 0.6 is 0 Å². The number of aliphatic carboxylic acids is 1. The van der Waals surface area contributed by atoms with Crippen molar-refractivity contribution in [3.63, 3.8) is 0 Å². The first kappa shape index (κ1) is 17.3. The monoisotopic (exact) mass is 358 g/mol. The van der Waals surface area contributed by atoms with Crippen LogP contribution < -0.4 is 4.74 Å². The molecule has 140 valence electrons. The number of carbonyl (C=O) groups excluding carboxylic acids is 1. The third-order valence-corrected chi connectivity index (χ3v) is 6.01. The molecule has 1 amide bonds. The number of nitrogens with zero attached hydrogens (tertiary/aromatic N) is 2. The number of benzene rings is 1. The molecular formula is C20H26N2O4. The SMILES string of the molecule is CCOc1ccccc1CN1C[C@@H]2CN(C(=O)C3CC3)C[C@]2(C(=O)O)C1. The largest absolute Gasteiger partial charge is 0.494 e. The van der Waals surface area contributed by atoms with E-state index in [1.165, 1.54) is 0 Å². The topological polar surface area (TPSA) is 70.1 Å². The van der Waals surface area contributed by atoms with Gasteiger partial charge in [0, 0.05) is 50.1 Å². The zero-order valence-corrected chi connectivity index (χ0v) is 15.2. The Labute approximate surface area is 153 Å². The van der Waals surface area contributed by atoms with Crippen LogP contribution in [0.25, 0.3) is 0 Å². The lowest BCUT2D eigenvalue weighted by Gasteiger charge is -2.26. The van der Waals surface area contributed by atoms with Gasteiger partial charge in [0.2, 0.25) is 5.91 Å². The van der Waals surface area contributed by atoms with E-state index in [0.717, 1.165) is 24.2 Å². The Morgan fingerprint density at radius 3 is 2.65 bits per heavy atom. The molecule has 2 saturated heterocycles. The maximum atomic E-state index is 12.4. The van der Waals surface area contributed by atoms with E-state index >= 15 is 0 Å². The number of carbonyl (C=O) groups is 2. The Morgan fingerprint density at radius 2 is 2.00 bits per heavy atom. The molecule has 4 rings (SSSR count). The highest BCUT2D eigenvalue weighted by Gasteiger charge is 2.59. The molecule has 2 heterocycles. The van der Waals surface area contributed by atoms with Gasteiger partial charge in [0.1, 0.15) is 11.2 Å². The van der Waals surface area contributed by atoms with Gasteiger partial charge in [0.15, 0.2) is 0 Å². The number of carboxylic acids is 1. The third kappa shape index (κ3) is 2.96. The summed E-state index contributed by atoms with van der Waals surface area (Å²) >= 11 is 0. The van der Waals surface area contributed by atoms with Gasteiger partial charge in [-0.3, -0.25) is 14.5 Å². The summed E-state index contributed by atoms with van der Waals surface area (Å²) < 4.78 is 5.70. The van der Waals surface area contributed by atoms with E-state index in [1.54, 1.807) is 0 Å². The van der Waals surface area contributed by atoms with Gasteiger partial charge >= 0.3 is 5.97 Å². The van der Waals surface area contributed by atoms with Gasteiger partial charge in [0.25, 0.3) is 0 Å². The minimum atomic E-state index is -0.828. The molecule has 1 aromatic rings. The Morgan fingerprint density at radius 1 is 1.23 bits per heavy atom. The smallest absolute Gasteiger partial charge is 0.313 e. The van der Waals surface area contributed by atoms with Crippen LogP contribution in [-0.2, 0) is 16.1 Å². The molecule has 2 atom stereocenters. The van der Waals surface area contributed by atoms with Crippen LogP contribution in [0, 0.1) is 17.3 Å². The molecular weight excluding hydrogens is 332 g/mol. The van der Waals surface area contributed by atoms with Crippen molar-refractivity contribution < 1.29 is 19.4 Å². The van der Waals surface area contributed by atoms with Crippen LogP contribution in [0.2, 0.25) is 0 Å². The molecule has 3 aliphatic rings. The fraction of sp³-hybridized carbons (Fsp3) is 0.600. The quantitative estimate of drug-likeness (QED) is 0.840. The number of amides is 1. The van der Waals surface area contributed by atoms with E-state index in [9.17, 15) is 14.7 Å². The molecule has 2 aliphatic heterocycles. The molecule has 0 spiro atoms. The van der Waals surface area contributed by atoms with Crippen LogP contribution in [0.1, 0.15) is 25.3 Å². The highest BCUT2D eigenvalue weighted by atomic mass is 16.5. The van der Waals surface area contributed by atoms with Gasteiger partial charge in [-0.1, -0.05) is 18.2 Å². The van der Waals surface area contributed by atoms with E-state index in [0.29, 0.717) is 39.3 Å². The number of hydrogen-bond donors (Lipinski definition) is 1. The van der Waals surface area contributed by atoms with Crippen LogP contribution in [0.4, 0.5) is 0 Å². The second-order valence-corrected chi connectivity index (χ2v) is 7.86. The lowest BCUT2D eigenvalue weighted by Crippen LogP contribution is -2.42. The number of ether oxygens (including phenoxy) is 1. The van der Waals surface area contributed by atoms with Crippen LogP contribution in [0.5, 0.6) is 5.75 Å². The first-order chi connectivity index (χ1) is 12.5. The van der Waals surface area contributed by atoms with Crippen molar-refractivity contribution in [1.29, 1.82) is 0 Å². The van der Waals surface area contributed by atoms with E-state index < -0.39 is 11.4 Å². The number of rotatable bonds is 6. The van der Waals surface area contributed by atoms with Crippen molar-refractivity contribution in [1.82, 2.24) is 9.80 Å². The van der Waals surface area contributed by atoms with Gasteiger partial charge in [-0.2, -0.15) is 0 Å². The predicted octanol–water partition coefficient (Wildman–Crippen LogP) is 1.84. The summed E-state index contributed by atoms with van der Waals surface area (Å²) in [6.45, 7) is 5.37. The van der Waals surface area contributed by atoms with E-state index in [1.807, 2.05) is 36.1 Å². The minimum Gasteiger partial charge on any atom is -0.494 e. The first-order valence-electron chi connectivity index (χ1n) is 9.48. The normalized spacial score (nSPS) is 28.2. The Balaban J connectivity index is 1.48. The van der Waals surface area contributed by atoms with E-state index in [-0.39, 0.29) is 17.7 Å². The molecule has 6 heteroatoms. The Bertz CT molecular complexity index is 718. The average molecular weight is 358 g/mol. The standard InChI is InChI=1S/C20H26N2O4/c1-2-26-17-6-4-3-5-15(17)9-21-10-16-11-22(18(23)14-7-8-14)13-20(16,12-21)19(24)25/h3-6,14,16H,2,7-13H2,1H3,(H,24,25)/t16-,20-/m1/s1. The molecule has 3 fully saturated rings. The molecule has 26 heavy (non-hydrogen) atoms. The minimum absolute atomic E-state index is 0.00181. The summed E-state index contributed by atoms with van der Waals surface area (Å²) in [5, 5.41) is 9.96. The number of para-hydroxylation sites is 1. The number of fused-ring (bicyclic) bond motifs is 1. The lowest BCUT2D eigenvalue weighted by molar-refractivity contribution is -0.149. The zero-order chi connectivity index (χ0) is 18.3. The summed E-state index contributed by atoms with van der Waals surface area (Å²) in [7, 11) is 0. The molecule has 6 nitrogen and oxygen atoms in total. The second kappa shape index (κ2) is 6.58. The zero-order valence-electron chi connectivity index (χ0n) is 15.2. The highest BCUT2D eigenvalue weighted by Crippen LogP contribution is 2.45. The van der Waals surface area contributed by atoms with Crippen LogP contribution in [0.15, 0.2) is 24.3 Å². The highest BCUT2D eigenvalue weighted by molar-refractivity contribution is 5.84. The van der Waals surface area contributed by atoms with Crippen molar-refractivity contribution in [2.24, 2.45) is 17.3 Å². The molecule has 1 aliphatic carbocycles. The van der Waals surface area contributed by atoms with E-state index in [4.69, 9.17) is 4.74 Å². The van der Waals surface area contributed by atoms with Gasteiger partial charge in [-0.25, -0.2) is 0 Å². The van der Waals surface area contributed by atoms with Gasteiger partial charge in [-0.05, 0) is 25.8 Å². The molecule has 0 unspecified atom stereocenters. The average Bonchev–Trinajstić information content (AvgIpc) is 3.31. The molecule has 1 N–H and O–H groups in total. The van der Waals surface area contributed by atoms with Gasteiger partial charge in [-0.15, -0.1) is 0 Å². The molecule has 0 bridgehead atoms. The Hall–Kier alpha value is -2.08. The summed E-state index contributed by atoms with van der Waals surface area (Å²) in [4.78, 5) is 28.5. The summed E-state index contributed by atoms with van der Waals surface area (Å²) in [6.07, 6.45) is 1.92. The molecule has 1 aromatic carbocycles. The lowest BCUT2D eigenvalue weighted by atomic mass is 9.81. The van der Waals surface area contributed by atoms with E-state index in [2.05, 4.69) is 4.90 Å². The third-order valence-electron chi connectivity index (χ3n) is 6.01. The maximum absolute atomic E-state index is 12.4. The molecule has 1 saturated carbocycles. The van der Waals surface area contributed by atoms with Crippen LogP contribution in [-0.4, -0.2) is 59.6 Å². The van der Waals surface area contributed by atoms with Gasteiger partial charge in [0.05, 0.1) is 6.61 Å². The summed E-state index contributed by atoms with van der Waals surface area (Å²) in [5.74, 6) is 0.403. The Kier molecular flexibility index (Phi) is 4.39. The van der Waals surface area contributed by atoms with Crippen LogP contribution in [0.3, 0.4) is 0 Å². The first-order valence-corrected chi connectivity index (χ1v) is 9.48. The predicted molar refractivity (Wildman–Crippen MR) is 95.8 cm³/mol. The molecule has 0 aromatic heterocycles. The fourth-order valence-electron chi connectivity index (χ4n) is 4.52. The van der Waals surface area contributed by atoms with Crippen molar-refractivity contribution in [2.75, 3.05) is 32.8 Å². The summed E-state index contributed by atoms with van der Waals surface area (Å²) in [5.41, 5.74) is 0.256. The second-order valence-electron chi connectivity index (χ2n) is 7.86. The number of likely N-dealkylation sites (tertiary alicyclic amines) is 2.